The Morgan fingerprint density at radius 1 is 1.12 bits per heavy atom. The van der Waals surface area contributed by atoms with E-state index in [1.807, 2.05) is 25.1 Å². The lowest BCUT2D eigenvalue weighted by Crippen LogP contribution is -2.30. The van der Waals surface area contributed by atoms with Crippen molar-refractivity contribution in [1.82, 2.24) is 5.32 Å². The van der Waals surface area contributed by atoms with Crippen molar-refractivity contribution in [3.05, 3.63) is 58.6 Å². The summed E-state index contributed by atoms with van der Waals surface area (Å²) in [4.78, 5) is 2.44. The van der Waals surface area contributed by atoms with Crippen LogP contribution in [0.4, 0.5) is 11.4 Å². The topological polar surface area (TPSA) is 27.3 Å². The van der Waals surface area contributed by atoms with Crippen LogP contribution in [-0.2, 0) is 0 Å². The molecule has 0 radical (unpaired) electrons. The highest BCUT2D eigenvalue weighted by atomic mass is 35.5. The molecule has 2 N–H and O–H groups in total. The highest BCUT2D eigenvalue weighted by molar-refractivity contribution is 7.80. The average molecular weight is 374 g/mol. The number of nitrogens with zero attached hydrogens (tertiary/aromatic N) is 1. The van der Waals surface area contributed by atoms with E-state index in [0.717, 1.165) is 16.3 Å². The van der Waals surface area contributed by atoms with Crippen molar-refractivity contribution in [3.63, 3.8) is 0 Å². The average Bonchev–Trinajstić information content (AvgIpc) is 3.13. The first-order valence-electron chi connectivity index (χ1n) is 8.71. The Bertz CT molecular complexity index is 739. The summed E-state index contributed by atoms with van der Waals surface area (Å²) in [5.41, 5.74) is 4.47. The Kier molecular flexibility index (Phi) is 5.82. The molecule has 0 amide bonds. The summed E-state index contributed by atoms with van der Waals surface area (Å²) >= 11 is 11.6. The molecule has 0 spiro atoms. The van der Waals surface area contributed by atoms with Crippen LogP contribution in [0, 0.1) is 6.92 Å². The molecule has 0 bridgehead atoms. The fraction of sp³-hybridized carbons (Fsp3) is 0.350. The molecule has 132 valence electrons. The summed E-state index contributed by atoms with van der Waals surface area (Å²) in [5.74, 6) is 0. The van der Waals surface area contributed by atoms with Gasteiger partial charge in [0.05, 0.1) is 6.04 Å². The number of anilines is 2. The number of benzene rings is 2. The Balaban J connectivity index is 1.58. The molecule has 5 heteroatoms. The van der Waals surface area contributed by atoms with Crippen molar-refractivity contribution in [2.75, 3.05) is 23.3 Å². The molecular weight excluding hydrogens is 350 g/mol. The highest BCUT2D eigenvalue weighted by Gasteiger charge is 2.13. The third-order valence-corrected chi connectivity index (χ3v) is 5.27. The van der Waals surface area contributed by atoms with Gasteiger partial charge in [0.1, 0.15) is 0 Å². The van der Waals surface area contributed by atoms with Gasteiger partial charge in [-0.3, -0.25) is 0 Å². The van der Waals surface area contributed by atoms with E-state index in [0.29, 0.717) is 5.11 Å². The molecule has 0 aromatic heterocycles. The molecule has 0 saturated carbocycles. The van der Waals surface area contributed by atoms with Crippen molar-refractivity contribution < 1.29 is 0 Å². The maximum Gasteiger partial charge on any atom is 0.171 e. The molecule has 1 aliphatic heterocycles. The molecule has 1 heterocycles. The molecule has 3 nitrogen and oxygen atoms in total. The van der Waals surface area contributed by atoms with Crippen LogP contribution in [0.25, 0.3) is 0 Å². The van der Waals surface area contributed by atoms with E-state index >= 15 is 0 Å². The van der Waals surface area contributed by atoms with Crippen LogP contribution >= 0.6 is 23.8 Å². The maximum atomic E-state index is 6.16. The predicted octanol–water partition coefficient (Wildman–Crippen LogP) is 5.30. The van der Waals surface area contributed by atoms with Gasteiger partial charge in [0.2, 0.25) is 0 Å². The van der Waals surface area contributed by atoms with Crippen molar-refractivity contribution >= 4 is 40.3 Å². The second-order valence-electron chi connectivity index (χ2n) is 6.57. The Hall–Kier alpha value is -1.78. The number of aryl methyl sites for hydroxylation is 1. The smallest absolute Gasteiger partial charge is 0.171 e. The lowest BCUT2D eigenvalue weighted by Gasteiger charge is -2.20. The van der Waals surface area contributed by atoms with E-state index in [-0.39, 0.29) is 6.04 Å². The number of rotatable bonds is 4. The van der Waals surface area contributed by atoms with Crippen molar-refractivity contribution in [1.29, 1.82) is 0 Å². The number of thiocarbonyl (C=S) groups is 1. The summed E-state index contributed by atoms with van der Waals surface area (Å²) in [6.07, 6.45) is 2.59. The third kappa shape index (κ3) is 4.65. The lowest BCUT2D eigenvalue weighted by molar-refractivity contribution is 0.722. The monoisotopic (exact) mass is 373 g/mol. The van der Waals surface area contributed by atoms with Crippen molar-refractivity contribution in [3.8, 4) is 0 Å². The van der Waals surface area contributed by atoms with Gasteiger partial charge in [-0.05, 0) is 74.3 Å². The number of hydrogen-bond donors (Lipinski definition) is 2. The second-order valence-corrected chi connectivity index (χ2v) is 7.39. The summed E-state index contributed by atoms with van der Waals surface area (Å²) < 4.78 is 0. The number of halogens is 1. The van der Waals surface area contributed by atoms with Gasteiger partial charge in [-0.15, -0.1) is 0 Å². The van der Waals surface area contributed by atoms with Crippen LogP contribution in [0.5, 0.6) is 0 Å². The molecule has 3 rings (SSSR count). The fourth-order valence-electron chi connectivity index (χ4n) is 3.07. The molecule has 1 fully saturated rings. The zero-order valence-electron chi connectivity index (χ0n) is 14.7. The molecule has 0 unspecified atom stereocenters. The first-order valence-corrected chi connectivity index (χ1v) is 9.50. The normalized spacial score (nSPS) is 15.1. The maximum absolute atomic E-state index is 6.16. The zero-order valence-corrected chi connectivity index (χ0v) is 16.3. The van der Waals surface area contributed by atoms with Crippen LogP contribution in [0.15, 0.2) is 42.5 Å². The van der Waals surface area contributed by atoms with Crippen molar-refractivity contribution in [2.24, 2.45) is 0 Å². The van der Waals surface area contributed by atoms with E-state index in [2.05, 4.69) is 46.7 Å². The second kappa shape index (κ2) is 8.07. The van der Waals surface area contributed by atoms with E-state index in [1.165, 1.54) is 37.2 Å². The minimum Gasteiger partial charge on any atom is -0.372 e. The molecule has 25 heavy (non-hydrogen) atoms. The summed E-state index contributed by atoms with van der Waals surface area (Å²) in [6.45, 7) is 6.43. The summed E-state index contributed by atoms with van der Waals surface area (Å²) in [5, 5.41) is 7.85. The minimum absolute atomic E-state index is 0.133. The van der Waals surface area contributed by atoms with Gasteiger partial charge in [-0.1, -0.05) is 29.8 Å². The highest BCUT2D eigenvalue weighted by Crippen LogP contribution is 2.23. The standard InChI is InChI=1S/C20H24ClN3S/c1-14-5-8-17(13-19(14)21)23-20(25)22-15(2)16-6-9-18(10-7-16)24-11-3-4-12-24/h5-10,13,15H,3-4,11-12H2,1-2H3,(H2,22,23,25)/t15-/m1/s1. The minimum atomic E-state index is 0.133. The van der Waals surface area contributed by atoms with Crippen LogP contribution in [0.1, 0.15) is 36.9 Å². The molecular formula is C20H24ClN3S. The van der Waals surface area contributed by atoms with Crippen LogP contribution in [-0.4, -0.2) is 18.2 Å². The lowest BCUT2D eigenvalue weighted by atomic mass is 10.1. The van der Waals surface area contributed by atoms with Gasteiger partial charge in [-0.2, -0.15) is 0 Å². The van der Waals surface area contributed by atoms with Gasteiger partial charge >= 0.3 is 0 Å². The fourth-order valence-corrected chi connectivity index (χ4v) is 3.54. The third-order valence-electron chi connectivity index (χ3n) is 4.64. The van der Waals surface area contributed by atoms with E-state index < -0.39 is 0 Å². The van der Waals surface area contributed by atoms with Gasteiger partial charge in [0.25, 0.3) is 0 Å². The quantitative estimate of drug-likeness (QED) is 0.711. The van der Waals surface area contributed by atoms with Gasteiger partial charge in [-0.25, -0.2) is 0 Å². The van der Waals surface area contributed by atoms with E-state index in [4.69, 9.17) is 23.8 Å². The first-order chi connectivity index (χ1) is 12.0. The van der Waals surface area contributed by atoms with Crippen molar-refractivity contribution in [2.45, 2.75) is 32.7 Å². The number of hydrogen-bond acceptors (Lipinski definition) is 2. The Labute approximate surface area is 160 Å². The van der Waals surface area contributed by atoms with Crippen LogP contribution < -0.4 is 15.5 Å². The Morgan fingerprint density at radius 2 is 1.80 bits per heavy atom. The first kappa shape index (κ1) is 18.0. The van der Waals surface area contributed by atoms with E-state index in [9.17, 15) is 0 Å². The Morgan fingerprint density at radius 3 is 2.44 bits per heavy atom. The largest absolute Gasteiger partial charge is 0.372 e. The molecule has 2 aromatic rings. The van der Waals surface area contributed by atoms with Gasteiger partial charge in [0.15, 0.2) is 5.11 Å². The number of nitrogens with one attached hydrogen (secondary N) is 2. The van der Waals surface area contributed by atoms with E-state index in [1.54, 1.807) is 0 Å². The predicted molar refractivity (Wildman–Crippen MR) is 112 cm³/mol. The molecule has 1 aliphatic rings. The molecule has 0 aliphatic carbocycles. The van der Waals surface area contributed by atoms with Gasteiger partial charge < -0.3 is 15.5 Å². The SMILES string of the molecule is Cc1ccc(NC(=S)N[C@H](C)c2ccc(N3CCCC3)cc2)cc1Cl. The molecule has 1 saturated heterocycles. The summed E-state index contributed by atoms with van der Waals surface area (Å²) in [6, 6.07) is 14.7. The zero-order chi connectivity index (χ0) is 17.8. The molecule has 2 aromatic carbocycles. The molecule has 1 atom stereocenters. The van der Waals surface area contributed by atoms with Crippen LogP contribution in [0.2, 0.25) is 5.02 Å². The van der Waals surface area contributed by atoms with Gasteiger partial charge in [0, 0.05) is 29.5 Å². The summed E-state index contributed by atoms with van der Waals surface area (Å²) in [7, 11) is 0. The van der Waals surface area contributed by atoms with Crippen LogP contribution in [0.3, 0.4) is 0 Å².